The van der Waals surface area contributed by atoms with Crippen LogP contribution in [0, 0.1) is 0 Å². The average Bonchev–Trinajstić information content (AvgIpc) is 2.59. The molecule has 2 aromatic carbocycles. The van der Waals surface area contributed by atoms with Crippen molar-refractivity contribution in [3.05, 3.63) is 65.7 Å². The minimum absolute atomic E-state index is 0. The van der Waals surface area contributed by atoms with Crippen molar-refractivity contribution >= 4 is 29.9 Å². The van der Waals surface area contributed by atoms with E-state index in [1.54, 1.807) is 12.1 Å². The van der Waals surface area contributed by atoms with E-state index in [9.17, 15) is 5.11 Å². The first kappa shape index (κ1) is 20.6. The summed E-state index contributed by atoms with van der Waals surface area (Å²) in [7, 11) is 0. The highest BCUT2D eigenvalue weighted by atomic mass is 127. The van der Waals surface area contributed by atoms with Crippen LogP contribution in [0.5, 0.6) is 5.75 Å². The quantitative estimate of drug-likeness (QED) is 0.341. The maximum absolute atomic E-state index is 9.58. The van der Waals surface area contributed by atoms with Gasteiger partial charge in [0.1, 0.15) is 5.75 Å². The van der Waals surface area contributed by atoms with Gasteiger partial charge in [0.05, 0.1) is 6.54 Å². The fourth-order valence-electron chi connectivity index (χ4n) is 3.38. The number of hydrogen-bond donors (Lipinski definition) is 3. The van der Waals surface area contributed by atoms with E-state index in [-0.39, 0.29) is 35.1 Å². The molecule has 3 rings (SSSR count). The number of aromatic hydroxyl groups is 1. The number of hydrogen-bond acceptors (Lipinski definition) is 2. The molecule has 0 amide bonds. The van der Waals surface area contributed by atoms with Crippen molar-refractivity contribution < 1.29 is 5.11 Å². The molecule has 1 aliphatic rings. The second-order valence-corrected chi connectivity index (χ2v) is 6.72. The first-order chi connectivity index (χ1) is 12.2. The molecular formula is C21H28IN3O. The van der Waals surface area contributed by atoms with E-state index in [1.165, 1.54) is 24.8 Å². The van der Waals surface area contributed by atoms with Crippen LogP contribution in [0.1, 0.15) is 37.3 Å². The predicted octanol–water partition coefficient (Wildman–Crippen LogP) is 4.19. The van der Waals surface area contributed by atoms with Crippen molar-refractivity contribution in [1.82, 2.24) is 10.6 Å². The van der Waals surface area contributed by atoms with Gasteiger partial charge in [0, 0.05) is 18.5 Å². The second-order valence-electron chi connectivity index (χ2n) is 6.72. The van der Waals surface area contributed by atoms with Crippen LogP contribution in [0.4, 0.5) is 0 Å². The Bertz CT molecular complexity index is 714. The van der Waals surface area contributed by atoms with Crippen LogP contribution in [0.25, 0.3) is 0 Å². The van der Waals surface area contributed by atoms with Crippen LogP contribution in [0.3, 0.4) is 0 Å². The number of halogens is 1. The van der Waals surface area contributed by atoms with Gasteiger partial charge < -0.3 is 15.7 Å². The Morgan fingerprint density at radius 3 is 2.46 bits per heavy atom. The number of guanidine groups is 1. The summed E-state index contributed by atoms with van der Waals surface area (Å²) in [5, 5.41) is 16.4. The molecule has 0 aliphatic heterocycles. The second kappa shape index (κ2) is 9.80. The number of phenolic OH excluding ortho intramolecular Hbond substituents is 1. The van der Waals surface area contributed by atoms with Gasteiger partial charge >= 0.3 is 0 Å². The number of benzene rings is 2. The lowest BCUT2D eigenvalue weighted by Crippen LogP contribution is -2.48. The van der Waals surface area contributed by atoms with Gasteiger partial charge in [-0.3, -0.25) is 0 Å². The van der Waals surface area contributed by atoms with Crippen LogP contribution < -0.4 is 10.6 Å². The van der Waals surface area contributed by atoms with Crippen molar-refractivity contribution in [3.8, 4) is 5.75 Å². The third-order valence-electron chi connectivity index (χ3n) is 4.97. The SMILES string of the molecule is CCNC(=NCc1cccc(O)c1)NCC1(c2ccccc2)CCC1.I. The van der Waals surface area contributed by atoms with Crippen molar-refractivity contribution in [1.29, 1.82) is 0 Å². The van der Waals surface area contributed by atoms with Gasteiger partial charge in [-0.05, 0) is 43.0 Å². The molecule has 0 saturated heterocycles. The molecule has 0 aromatic heterocycles. The van der Waals surface area contributed by atoms with E-state index >= 15 is 0 Å². The lowest BCUT2D eigenvalue weighted by Gasteiger charge is -2.43. The topological polar surface area (TPSA) is 56.7 Å². The molecule has 0 heterocycles. The first-order valence-corrected chi connectivity index (χ1v) is 9.07. The molecule has 26 heavy (non-hydrogen) atoms. The maximum Gasteiger partial charge on any atom is 0.191 e. The van der Waals surface area contributed by atoms with E-state index in [0.717, 1.165) is 24.6 Å². The van der Waals surface area contributed by atoms with Crippen LogP contribution in [-0.4, -0.2) is 24.2 Å². The minimum atomic E-state index is 0. The number of phenols is 1. The monoisotopic (exact) mass is 465 g/mol. The highest BCUT2D eigenvalue weighted by Gasteiger charge is 2.38. The molecule has 140 valence electrons. The van der Waals surface area contributed by atoms with E-state index in [2.05, 4.69) is 52.9 Å². The molecule has 0 radical (unpaired) electrons. The summed E-state index contributed by atoms with van der Waals surface area (Å²) in [5.74, 6) is 1.11. The van der Waals surface area contributed by atoms with E-state index in [4.69, 9.17) is 0 Å². The number of aliphatic imine (C=N–C) groups is 1. The lowest BCUT2D eigenvalue weighted by molar-refractivity contribution is 0.244. The zero-order valence-electron chi connectivity index (χ0n) is 15.2. The standard InChI is InChI=1S/C21H27N3O.HI/c1-2-22-20(23-15-17-8-6-11-19(25)14-17)24-16-21(12-7-13-21)18-9-4-3-5-10-18;/h3-6,8-11,14,25H,2,7,12-13,15-16H2,1H3,(H2,22,23,24);1H. The van der Waals surface area contributed by atoms with Crippen LogP contribution in [0.2, 0.25) is 0 Å². The van der Waals surface area contributed by atoms with Crippen molar-refractivity contribution in [3.63, 3.8) is 0 Å². The van der Waals surface area contributed by atoms with Gasteiger partial charge in [0.2, 0.25) is 0 Å². The third kappa shape index (κ3) is 5.13. The summed E-state index contributed by atoms with van der Waals surface area (Å²) < 4.78 is 0. The number of rotatable bonds is 6. The lowest BCUT2D eigenvalue weighted by atomic mass is 9.64. The van der Waals surface area contributed by atoms with E-state index in [0.29, 0.717) is 6.54 Å². The summed E-state index contributed by atoms with van der Waals surface area (Å²) in [4.78, 5) is 4.66. The van der Waals surface area contributed by atoms with E-state index in [1.807, 2.05) is 12.1 Å². The molecule has 1 saturated carbocycles. The number of nitrogens with zero attached hydrogens (tertiary/aromatic N) is 1. The summed E-state index contributed by atoms with van der Waals surface area (Å²) in [6.07, 6.45) is 3.72. The average molecular weight is 465 g/mol. The van der Waals surface area contributed by atoms with E-state index < -0.39 is 0 Å². The normalized spacial score (nSPS) is 15.5. The fraction of sp³-hybridized carbons (Fsp3) is 0.381. The maximum atomic E-state index is 9.58. The molecule has 0 bridgehead atoms. The molecule has 0 unspecified atom stereocenters. The predicted molar refractivity (Wildman–Crippen MR) is 118 cm³/mol. The third-order valence-corrected chi connectivity index (χ3v) is 4.97. The van der Waals surface area contributed by atoms with Gasteiger partial charge in [0.25, 0.3) is 0 Å². The molecule has 2 aromatic rings. The molecule has 0 atom stereocenters. The first-order valence-electron chi connectivity index (χ1n) is 9.07. The zero-order valence-corrected chi connectivity index (χ0v) is 17.6. The van der Waals surface area contributed by atoms with Gasteiger partial charge in [-0.2, -0.15) is 0 Å². The summed E-state index contributed by atoms with van der Waals surface area (Å²) in [5.41, 5.74) is 2.64. The Hall–Kier alpha value is -1.76. The minimum Gasteiger partial charge on any atom is -0.508 e. The Kier molecular flexibility index (Phi) is 7.75. The van der Waals surface area contributed by atoms with Gasteiger partial charge in [0.15, 0.2) is 5.96 Å². The van der Waals surface area contributed by atoms with Crippen molar-refractivity contribution in [2.75, 3.05) is 13.1 Å². The summed E-state index contributed by atoms with van der Waals surface area (Å²) in [6.45, 7) is 4.33. The largest absolute Gasteiger partial charge is 0.508 e. The molecule has 3 N–H and O–H groups in total. The molecule has 0 spiro atoms. The van der Waals surface area contributed by atoms with Gasteiger partial charge in [-0.25, -0.2) is 4.99 Å². The Morgan fingerprint density at radius 1 is 1.08 bits per heavy atom. The molecular weight excluding hydrogens is 437 g/mol. The van der Waals surface area contributed by atoms with Gasteiger partial charge in [-0.15, -0.1) is 24.0 Å². The molecule has 1 fully saturated rings. The highest BCUT2D eigenvalue weighted by Crippen LogP contribution is 2.43. The zero-order chi connectivity index (χ0) is 17.5. The number of nitrogens with one attached hydrogen (secondary N) is 2. The summed E-state index contributed by atoms with van der Waals surface area (Å²) in [6, 6.07) is 18.0. The van der Waals surface area contributed by atoms with Crippen LogP contribution >= 0.6 is 24.0 Å². The van der Waals surface area contributed by atoms with Crippen molar-refractivity contribution in [2.45, 2.75) is 38.1 Å². The Labute approximate surface area is 173 Å². The summed E-state index contributed by atoms with van der Waals surface area (Å²) >= 11 is 0. The molecule has 5 heteroatoms. The Balaban J connectivity index is 0.00000243. The Morgan fingerprint density at radius 2 is 1.85 bits per heavy atom. The van der Waals surface area contributed by atoms with Crippen LogP contribution in [-0.2, 0) is 12.0 Å². The smallest absolute Gasteiger partial charge is 0.191 e. The van der Waals surface area contributed by atoms with Gasteiger partial charge in [-0.1, -0.05) is 48.9 Å². The van der Waals surface area contributed by atoms with Crippen LogP contribution in [0.15, 0.2) is 59.6 Å². The fourth-order valence-corrected chi connectivity index (χ4v) is 3.38. The molecule has 1 aliphatic carbocycles. The molecule has 4 nitrogen and oxygen atoms in total. The van der Waals surface area contributed by atoms with Crippen molar-refractivity contribution in [2.24, 2.45) is 4.99 Å². The highest BCUT2D eigenvalue weighted by molar-refractivity contribution is 14.0.